The monoisotopic (exact) mass is 497 g/mol. The maximum absolute atomic E-state index is 13.6. The summed E-state index contributed by atoms with van der Waals surface area (Å²) in [6.07, 6.45) is 0. The fourth-order valence-electron chi connectivity index (χ4n) is 3.77. The number of carbonyl (C=O) groups excluding carboxylic acids is 1. The van der Waals surface area contributed by atoms with Crippen LogP contribution in [-0.4, -0.2) is 22.5 Å². The van der Waals surface area contributed by atoms with Gasteiger partial charge in [-0.05, 0) is 36.4 Å². The second-order valence-corrected chi connectivity index (χ2v) is 8.38. The summed E-state index contributed by atoms with van der Waals surface area (Å²) < 4.78 is 19.1. The van der Waals surface area contributed by atoms with Crippen molar-refractivity contribution in [2.75, 3.05) is 11.9 Å². The molecule has 2 N–H and O–H groups in total. The van der Waals surface area contributed by atoms with Crippen LogP contribution in [0.4, 0.5) is 10.1 Å². The average molecular weight is 498 g/mol. The lowest BCUT2D eigenvalue weighted by molar-refractivity contribution is -0.118. The third-order valence-corrected chi connectivity index (χ3v) is 5.92. The third-order valence-electron chi connectivity index (χ3n) is 5.54. The Bertz CT molecular complexity index is 1430. The summed E-state index contributed by atoms with van der Waals surface area (Å²) in [5.41, 5.74) is 4.93. The fraction of sp³-hybridized carbons (Fsp3) is 0.0345. The molecule has 5 rings (SSSR count). The summed E-state index contributed by atoms with van der Waals surface area (Å²) in [5, 5.41) is 2.41. The highest BCUT2D eigenvalue weighted by Gasteiger charge is 2.15. The Morgan fingerprint density at radius 2 is 1.50 bits per heavy atom. The molecule has 1 aromatic heterocycles. The molecule has 0 aliphatic heterocycles. The molecule has 1 amide bonds. The second kappa shape index (κ2) is 10.5. The number of imidazole rings is 1. The van der Waals surface area contributed by atoms with Crippen LogP contribution in [0.15, 0.2) is 103 Å². The zero-order valence-electron chi connectivity index (χ0n) is 19.0. The van der Waals surface area contributed by atoms with Crippen LogP contribution in [0.1, 0.15) is 0 Å². The van der Waals surface area contributed by atoms with Gasteiger partial charge in [-0.25, -0.2) is 9.37 Å². The standard InChI is InChI=1S/C29H21ClFN3O2/c30-26-23(31)12-7-13-24(26)32-25(35)18-36-22-16-14-21(15-17-22)29-33-27(19-8-3-1-4-9-19)28(34-29)20-10-5-2-6-11-20/h1-17H,18H2,(H,32,35)(H,33,34). The van der Waals surface area contributed by atoms with E-state index >= 15 is 0 Å². The molecule has 0 bridgehead atoms. The predicted octanol–water partition coefficient (Wildman–Crippen LogP) is 7.22. The van der Waals surface area contributed by atoms with E-state index in [9.17, 15) is 9.18 Å². The lowest BCUT2D eigenvalue weighted by Gasteiger charge is -2.09. The van der Waals surface area contributed by atoms with Gasteiger partial charge in [0.25, 0.3) is 5.91 Å². The van der Waals surface area contributed by atoms with Crippen LogP contribution >= 0.6 is 11.6 Å². The molecular formula is C29H21ClFN3O2. The number of hydrogen-bond acceptors (Lipinski definition) is 3. The highest BCUT2D eigenvalue weighted by molar-refractivity contribution is 6.33. The Hall–Kier alpha value is -4.42. The summed E-state index contributed by atoms with van der Waals surface area (Å²) in [7, 11) is 0. The van der Waals surface area contributed by atoms with Crippen LogP contribution in [0.3, 0.4) is 0 Å². The number of aromatic amines is 1. The van der Waals surface area contributed by atoms with Crippen LogP contribution in [0, 0.1) is 5.82 Å². The van der Waals surface area contributed by atoms with Crippen LogP contribution in [-0.2, 0) is 4.79 Å². The van der Waals surface area contributed by atoms with Crippen molar-refractivity contribution in [3.8, 4) is 39.7 Å². The molecule has 7 heteroatoms. The number of H-pyrrole nitrogens is 1. The Labute approximate surface area is 212 Å². The van der Waals surface area contributed by atoms with Gasteiger partial charge in [-0.2, -0.15) is 0 Å². The van der Waals surface area contributed by atoms with E-state index in [0.717, 1.165) is 33.9 Å². The number of nitrogens with zero attached hydrogens (tertiary/aromatic N) is 1. The number of carbonyl (C=O) groups is 1. The van der Waals surface area contributed by atoms with Crippen LogP contribution in [0.2, 0.25) is 5.02 Å². The first-order chi connectivity index (χ1) is 17.6. The molecule has 0 radical (unpaired) electrons. The molecule has 178 valence electrons. The van der Waals surface area contributed by atoms with Gasteiger partial charge in [0, 0.05) is 16.7 Å². The Balaban J connectivity index is 1.32. The number of anilines is 1. The molecule has 0 aliphatic rings. The minimum absolute atomic E-state index is 0.140. The van der Waals surface area contributed by atoms with Gasteiger partial charge in [-0.15, -0.1) is 0 Å². The van der Waals surface area contributed by atoms with Crippen molar-refractivity contribution in [3.05, 3.63) is 114 Å². The second-order valence-electron chi connectivity index (χ2n) is 8.00. The lowest BCUT2D eigenvalue weighted by atomic mass is 10.1. The van der Waals surface area contributed by atoms with Gasteiger partial charge in [-0.1, -0.05) is 78.3 Å². The van der Waals surface area contributed by atoms with Crippen molar-refractivity contribution >= 4 is 23.2 Å². The number of amides is 1. The maximum Gasteiger partial charge on any atom is 0.262 e. The smallest absolute Gasteiger partial charge is 0.262 e. The van der Waals surface area contributed by atoms with E-state index in [2.05, 4.69) is 10.3 Å². The quantitative estimate of drug-likeness (QED) is 0.249. The van der Waals surface area contributed by atoms with Gasteiger partial charge >= 0.3 is 0 Å². The largest absolute Gasteiger partial charge is 0.484 e. The predicted molar refractivity (Wildman–Crippen MR) is 140 cm³/mol. The first-order valence-corrected chi connectivity index (χ1v) is 11.6. The summed E-state index contributed by atoms with van der Waals surface area (Å²) in [5.74, 6) is 0.183. The Morgan fingerprint density at radius 3 is 2.19 bits per heavy atom. The number of hydrogen-bond donors (Lipinski definition) is 2. The molecule has 5 nitrogen and oxygen atoms in total. The molecule has 1 heterocycles. The molecule has 5 aromatic rings. The van der Waals surface area contributed by atoms with Gasteiger partial charge in [0.15, 0.2) is 6.61 Å². The molecule has 0 atom stereocenters. The number of rotatable bonds is 7. The molecule has 0 saturated heterocycles. The van der Waals surface area contributed by atoms with E-state index in [1.807, 2.05) is 72.8 Å². The van der Waals surface area contributed by atoms with Crippen molar-refractivity contribution in [2.24, 2.45) is 0 Å². The summed E-state index contributed by atoms with van der Waals surface area (Å²) in [6, 6.07) is 31.6. The molecular weight excluding hydrogens is 477 g/mol. The summed E-state index contributed by atoms with van der Waals surface area (Å²) in [4.78, 5) is 20.6. The van der Waals surface area contributed by atoms with Crippen molar-refractivity contribution in [3.63, 3.8) is 0 Å². The Morgan fingerprint density at radius 1 is 0.833 bits per heavy atom. The number of ether oxygens (including phenoxy) is 1. The minimum Gasteiger partial charge on any atom is -0.484 e. The van der Waals surface area contributed by atoms with Crippen LogP contribution < -0.4 is 10.1 Å². The summed E-state index contributed by atoms with van der Waals surface area (Å²) >= 11 is 5.88. The molecule has 0 saturated carbocycles. The third kappa shape index (κ3) is 5.14. The number of nitrogens with one attached hydrogen (secondary N) is 2. The average Bonchev–Trinajstić information content (AvgIpc) is 3.37. The molecule has 4 aromatic carbocycles. The van der Waals surface area contributed by atoms with E-state index in [0.29, 0.717) is 5.75 Å². The van der Waals surface area contributed by atoms with E-state index in [1.165, 1.54) is 18.2 Å². The highest BCUT2D eigenvalue weighted by atomic mass is 35.5. The fourth-order valence-corrected chi connectivity index (χ4v) is 3.95. The number of benzene rings is 4. The van der Waals surface area contributed by atoms with Crippen LogP contribution in [0.25, 0.3) is 33.9 Å². The van der Waals surface area contributed by atoms with Gasteiger partial charge in [0.05, 0.1) is 22.1 Å². The lowest BCUT2D eigenvalue weighted by Crippen LogP contribution is -2.20. The van der Waals surface area contributed by atoms with Gasteiger partial charge in [0.2, 0.25) is 0 Å². The molecule has 0 spiro atoms. The van der Waals surface area contributed by atoms with E-state index in [1.54, 1.807) is 12.1 Å². The van der Waals surface area contributed by atoms with E-state index in [4.69, 9.17) is 21.3 Å². The number of halogens is 2. The SMILES string of the molecule is O=C(COc1ccc(-c2nc(-c3ccccc3)c(-c3ccccc3)[nH]2)cc1)Nc1cccc(F)c1Cl. The molecule has 0 unspecified atom stereocenters. The van der Waals surface area contributed by atoms with E-state index in [-0.39, 0.29) is 17.3 Å². The minimum atomic E-state index is -0.602. The Kier molecular flexibility index (Phi) is 6.78. The van der Waals surface area contributed by atoms with E-state index < -0.39 is 11.7 Å². The first-order valence-electron chi connectivity index (χ1n) is 11.3. The normalized spacial score (nSPS) is 10.7. The van der Waals surface area contributed by atoms with Crippen molar-refractivity contribution in [1.82, 2.24) is 9.97 Å². The zero-order valence-corrected chi connectivity index (χ0v) is 19.8. The van der Waals surface area contributed by atoms with Gasteiger partial charge in [0.1, 0.15) is 17.4 Å². The maximum atomic E-state index is 13.6. The topological polar surface area (TPSA) is 67.0 Å². The van der Waals surface area contributed by atoms with Gasteiger partial charge in [-0.3, -0.25) is 4.79 Å². The molecule has 0 fully saturated rings. The molecule has 0 aliphatic carbocycles. The van der Waals surface area contributed by atoms with Crippen LogP contribution in [0.5, 0.6) is 5.75 Å². The van der Waals surface area contributed by atoms with Crippen molar-refractivity contribution < 1.29 is 13.9 Å². The zero-order chi connectivity index (χ0) is 24.9. The summed E-state index contributed by atoms with van der Waals surface area (Å²) in [6.45, 7) is -0.247. The highest BCUT2D eigenvalue weighted by Crippen LogP contribution is 2.33. The number of aromatic nitrogens is 2. The first kappa shape index (κ1) is 23.3. The van der Waals surface area contributed by atoms with Crippen molar-refractivity contribution in [2.45, 2.75) is 0 Å². The van der Waals surface area contributed by atoms with Crippen molar-refractivity contribution in [1.29, 1.82) is 0 Å². The molecule has 36 heavy (non-hydrogen) atoms. The van der Waals surface area contributed by atoms with Gasteiger partial charge < -0.3 is 15.0 Å².